The van der Waals surface area contributed by atoms with Gasteiger partial charge in [0.25, 0.3) is 0 Å². The maximum Gasteiger partial charge on any atom is 0.104 e. The van der Waals surface area contributed by atoms with Gasteiger partial charge in [-0.3, -0.25) is 0 Å². The summed E-state index contributed by atoms with van der Waals surface area (Å²) in [5.41, 5.74) is 2.44. The summed E-state index contributed by atoms with van der Waals surface area (Å²) in [6.45, 7) is 1.90. The van der Waals surface area contributed by atoms with Gasteiger partial charge in [0.05, 0.1) is 10.0 Å². The molecule has 4 heteroatoms. The van der Waals surface area contributed by atoms with Crippen molar-refractivity contribution in [3.63, 3.8) is 0 Å². The van der Waals surface area contributed by atoms with Crippen LogP contribution in [0, 0.1) is 6.92 Å². The van der Waals surface area contributed by atoms with Crippen molar-refractivity contribution in [3.8, 4) is 0 Å². The highest BCUT2D eigenvalue weighted by Crippen LogP contribution is 2.30. The van der Waals surface area contributed by atoms with Gasteiger partial charge in [-0.05, 0) is 47.9 Å². The molecule has 0 radical (unpaired) electrons. The zero-order valence-electron chi connectivity index (χ0n) is 9.62. The Balaban J connectivity index is 2.41. The highest BCUT2D eigenvalue weighted by molar-refractivity contribution is 6.42. The number of aryl methyl sites for hydroxylation is 1. The zero-order valence-corrected chi connectivity index (χ0v) is 11.9. The van der Waals surface area contributed by atoms with Crippen molar-refractivity contribution < 1.29 is 5.11 Å². The maximum atomic E-state index is 10.3. The van der Waals surface area contributed by atoms with E-state index in [0.717, 1.165) is 11.1 Å². The van der Waals surface area contributed by atoms with Crippen LogP contribution in [0.15, 0.2) is 36.4 Å². The minimum absolute atomic E-state index is 0.430. The van der Waals surface area contributed by atoms with Gasteiger partial charge in [0.2, 0.25) is 0 Å². The van der Waals surface area contributed by atoms with Crippen LogP contribution >= 0.6 is 34.8 Å². The Morgan fingerprint density at radius 1 is 0.944 bits per heavy atom. The molecule has 0 aliphatic heterocycles. The van der Waals surface area contributed by atoms with Crippen molar-refractivity contribution >= 4 is 34.8 Å². The third-order valence-corrected chi connectivity index (χ3v) is 3.76. The molecule has 0 saturated carbocycles. The monoisotopic (exact) mass is 300 g/mol. The lowest BCUT2D eigenvalue weighted by Gasteiger charge is -2.15. The lowest BCUT2D eigenvalue weighted by atomic mass is 9.98. The molecule has 1 atom stereocenters. The molecule has 2 rings (SSSR count). The summed E-state index contributed by atoms with van der Waals surface area (Å²) in [5.74, 6) is 0. The maximum absolute atomic E-state index is 10.3. The van der Waals surface area contributed by atoms with Gasteiger partial charge in [-0.25, -0.2) is 0 Å². The molecule has 2 aromatic rings. The molecule has 2 aromatic carbocycles. The number of benzene rings is 2. The van der Waals surface area contributed by atoms with E-state index in [9.17, 15) is 5.11 Å². The lowest BCUT2D eigenvalue weighted by Crippen LogP contribution is -2.02. The van der Waals surface area contributed by atoms with Gasteiger partial charge < -0.3 is 5.11 Å². The second-order valence-electron chi connectivity index (χ2n) is 4.08. The van der Waals surface area contributed by atoms with Crippen LogP contribution in [-0.2, 0) is 0 Å². The molecule has 0 fully saturated rings. The second-order valence-corrected chi connectivity index (χ2v) is 5.33. The molecule has 0 bridgehead atoms. The van der Waals surface area contributed by atoms with E-state index in [1.165, 1.54) is 0 Å². The summed E-state index contributed by atoms with van der Waals surface area (Å²) >= 11 is 17.7. The van der Waals surface area contributed by atoms with Crippen molar-refractivity contribution in [2.45, 2.75) is 13.0 Å². The minimum atomic E-state index is -0.739. The molecule has 0 aliphatic rings. The molecule has 0 saturated heterocycles. The van der Waals surface area contributed by atoms with E-state index < -0.39 is 6.10 Å². The zero-order chi connectivity index (χ0) is 13.3. The summed E-state index contributed by atoms with van der Waals surface area (Å²) in [4.78, 5) is 0. The first-order valence-electron chi connectivity index (χ1n) is 5.38. The Kier molecular flexibility index (Phi) is 4.18. The standard InChI is InChI=1S/C14H11Cl3O/c1-8-6-10(15)3-4-11(8)14(18)9-2-5-12(16)13(17)7-9/h2-7,14,18H,1H3. The first-order chi connectivity index (χ1) is 8.49. The SMILES string of the molecule is Cc1cc(Cl)ccc1C(O)c1ccc(Cl)c(Cl)c1. The first kappa shape index (κ1) is 13.7. The molecule has 94 valence electrons. The van der Waals surface area contributed by atoms with Crippen molar-refractivity contribution in [3.05, 3.63) is 68.2 Å². The van der Waals surface area contributed by atoms with E-state index in [2.05, 4.69) is 0 Å². The Morgan fingerprint density at radius 2 is 1.67 bits per heavy atom. The number of hydrogen-bond acceptors (Lipinski definition) is 1. The van der Waals surface area contributed by atoms with E-state index in [1.54, 1.807) is 24.3 Å². The first-order valence-corrected chi connectivity index (χ1v) is 6.51. The fraction of sp³-hybridized carbons (Fsp3) is 0.143. The average Bonchev–Trinajstić information content (AvgIpc) is 2.32. The predicted octanol–water partition coefficient (Wildman–Crippen LogP) is 5.04. The van der Waals surface area contributed by atoms with Crippen LogP contribution in [0.2, 0.25) is 15.1 Å². The fourth-order valence-electron chi connectivity index (χ4n) is 1.81. The van der Waals surface area contributed by atoms with E-state index in [-0.39, 0.29) is 0 Å². The summed E-state index contributed by atoms with van der Waals surface area (Å²) in [6.07, 6.45) is -0.739. The van der Waals surface area contributed by atoms with Crippen molar-refractivity contribution in [2.75, 3.05) is 0 Å². The summed E-state index contributed by atoms with van der Waals surface area (Å²) in [6, 6.07) is 10.5. The molecule has 0 heterocycles. The van der Waals surface area contributed by atoms with Gasteiger partial charge >= 0.3 is 0 Å². The van der Waals surface area contributed by atoms with Crippen molar-refractivity contribution in [1.29, 1.82) is 0 Å². The summed E-state index contributed by atoms with van der Waals surface area (Å²) in [7, 11) is 0. The molecular formula is C14H11Cl3O. The molecule has 1 nitrogen and oxygen atoms in total. The molecule has 0 aromatic heterocycles. The van der Waals surface area contributed by atoms with Crippen molar-refractivity contribution in [2.24, 2.45) is 0 Å². The number of hydrogen-bond donors (Lipinski definition) is 1. The largest absolute Gasteiger partial charge is 0.384 e. The Hall–Kier alpha value is -0.730. The topological polar surface area (TPSA) is 20.2 Å². The van der Waals surface area contributed by atoms with Gasteiger partial charge in [-0.2, -0.15) is 0 Å². The number of halogens is 3. The highest BCUT2D eigenvalue weighted by Gasteiger charge is 2.14. The van der Waals surface area contributed by atoms with Crippen LogP contribution in [0.4, 0.5) is 0 Å². The molecule has 1 unspecified atom stereocenters. The molecule has 18 heavy (non-hydrogen) atoms. The third kappa shape index (κ3) is 2.81. The summed E-state index contributed by atoms with van der Waals surface area (Å²) < 4.78 is 0. The van der Waals surface area contributed by atoms with Crippen LogP contribution in [0.3, 0.4) is 0 Å². The Bertz CT molecular complexity index is 581. The van der Waals surface area contributed by atoms with E-state index in [4.69, 9.17) is 34.8 Å². The van der Waals surface area contributed by atoms with Gasteiger partial charge in [0, 0.05) is 5.02 Å². The molecule has 1 N–H and O–H groups in total. The van der Waals surface area contributed by atoms with Crippen LogP contribution in [0.1, 0.15) is 22.8 Å². The molecule has 0 amide bonds. The molecule has 0 spiro atoms. The van der Waals surface area contributed by atoms with E-state index in [1.807, 2.05) is 19.1 Å². The quantitative estimate of drug-likeness (QED) is 0.824. The smallest absolute Gasteiger partial charge is 0.104 e. The molecule has 0 aliphatic carbocycles. The molecular weight excluding hydrogens is 291 g/mol. The number of rotatable bonds is 2. The van der Waals surface area contributed by atoms with Gasteiger partial charge in [-0.1, -0.05) is 46.9 Å². The Morgan fingerprint density at radius 3 is 2.28 bits per heavy atom. The predicted molar refractivity (Wildman–Crippen MR) is 76.7 cm³/mol. The van der Waals surface area contributed by atoms with Crippen LogP contribution in [-0.4, -0.2) is 5.11 Å². The summed E-state index contributed by atoms with van der Waals surface area (Å²) in [5, 5.41) is 11.9. The highest BCUT2D eigenvalue weighted by atomic mass is 35.5. The minimum Gasteiger partial charge on any atom is -0.384 e. The van der Waals surface area contributed by atoms with Gasteiger partial charge in [0.15, 0.2) is 0 Å². The fourth-order valence-corrected chi connectivity index (χ4v) is 2.34. The number of aliphatic hydroxyl groups is 1. The van der Waals surface area contributed by atoms with Crippen LogP contribution in [0.25, 0.3) is 0 Å². The van der Waals surface area contributed by atoms with E-state index >= 15 is 0 Å². The van der Waals surface area contributed by atoms with Crippen molar-refractivity contribution in [1.82, 2.24) is 0 Å². The lowest BCUT2D eigenvalue weighted by molar-refractivity contribution is 0.219. The van der Waals surface area contributed by atoms with Gasteiger partial charge in [-0.15, -0.1) is 0 Å². The average molecular weight is 302 g/mol. The number of aliphatic hydroxyl groups excluding tert-OH is 1. The normalized spacial score (nSPS) is 12.5. The third-order valence-electron chi connectivity index (χ3n) is 2.79. The van der Waals surface area contributed by atoms with Gasteiger partial charge in [0.1, 0.15) is 6.10 Å². The van der Waals surface area contributed by atoms with E-state index in [0.29, 0.717) is 20.6 Å². The Labute approximate surface area is 121 Å². The van der Waals surface area contributed by atoms with Crippen LogP contribution < -0.4 is 0 Å². The second kappa shape index (κ2) is 5.50. The van der Waals surface area contributed by atoms with Crippen LogP contribution in [0.5, 0.6) is 0 Å².